The maximum Gasteiger partial charge on any atom is 0.348 e. The van der Waals surface area contributed by atoms with Crippen molar-refractivity contribution >= 4 is 23.0 Å². The number of aromatic carboxylic acids is 1. The molecular weight excluding hydrogens is 236 g/mol. The highest BCUT2D eigenvalue weighted by atomic mass is 32.1. The highest BCUT2D eigenvalue weighted by Crippen LogP contribution is 2.33. The lowest BCUT2D eigenvalue weighted by Gasteiger charge is -1.95. The standard InChI is InChI=1S/C12H8N2O2S/c13-6-7-1-3-8(4-2-7)10-5-9(14)11(17-10)12(15)16/h1-5H,14H2,(H,15,16). The Bertz CT molecular complexity index is 608. The van der Waals surface area contributed by atoms with Crippen molar-refractivity contribution in [1.82, 2.24) is 0 Å². The molecule has 0 aliphatic heterocycles. The van der Waals surface area contributed by atoms with Crippen LogP contribution in [0.15, 0.2) is 30.3 Å². The van der Waals surface area contributed by atoms with Crippen LogP contribution in [-0.2, 0) is 0 Å². The van der Waals surface area contributed by atoms with Gasteiger partial charge in [-0.1, -0.05) is 12.1 Å². The average Bonchev–Trinajstić information content (AvgIpc) is 2.71. The lowest BCUT2D eigenvalue weighted by atomic mass is 10.1. The van der Waals surface area contributed by atoms with E-state index in [0.717, 1.165) is 21.8 Å². The number of carbonyl (C=O) groups is 1. The molecule has 4 nitrogen and oxygen atoms in total. The molecule has 0 spiro atoms. The third-order valence-electron chi connectivity index (χ3n) is 2.25. The predicted octanol–water partition coefficient (Wildman–Crippen LogP) is 2.57. The molecule has 0 atom stereocenters. The van der Waals surface area contributed by atoms with E-state index in [-0.39, 0.29) is 10.6 Å². The number of nitrogen functional groups attached to an aromatic ring is 1. The van der Waals surface area contributed by atoms with E-state index in [1.54, 1.807) is 30.3 Å². The Morgan fingerprint density at radius 1 is 1.35 bits per heavy atom. The fraction of sp³-hybridized carbons (Fsp3) is 0. The third kappa shape index (κ3) is 2.12. The van der Waals surface area contributed by atoms with Crippen molar-refractivity contribution < 1.29 is 9.90 Å². The minimum Gasteiger partial charge on any atom is -0.477 e. The fourth-order valence-corrected chi connectivity index (χ4v) is 2.35. The van der Waals surface area contributed by atoms with Gasteiger partial charge in [0.2, 0.25) is 0 Å². The Kier molecular flexibility index (Phi) is 2.81. The predicted molar refractivity (Wildman–Crippen MR) is 65.8 cm³/mol. The van der Waals surface area contributed by atoms with Crippen molar-refractivity contribution in [3.8, 4) is 16.5 Å². The summed E-state index contributed by atoms with van der Waals surface area (Å²) in [6.45, 7) is 0. The van der Waals surface area contributed by atoms with Crippen LogP contribution in [0.1, 0.15) is 15.2 Å². The molecule has 1 aromatic heterocycles. The van der Waals surface area contributed by atoms with Crippen molar-refractivity contribution in [2.45, 2.75) is 0 Å². The number of rotatable bonds is 2. The molecule has 1 aromatic carbocycles. The summed E-state index contributed by atoms with van der Waals surface area (Å²) in [6.07, 6.45) is 0. The van der Waals surface area contributed by atoms with Crippen LogP contribution in [0, 0.1) is 11.3 Å². The molecule has 17 heavy (non-hydrogen) atoms. The molecule has 0 aliphatic carbocycles. The maximum atomic E-state index is 10.9. The van der Waals surface area contributed by atoms with Crippen LogP contribution in [0.4, 0.5) is 5.69 Å². The van der Waals surface area contributed by atoms with Gasteiger partial charge in [0.05, 0.1) is 17.3 Å². The summed E-state index contributed by atoms with van der Waals surface area (Å²) in [7, 11) is 0. The van der Waals surface area contributed by atoms with Crippen LogP contribution >= 0.6 is 11.3 Å². The summed E-state index contributed by atoms with van der Waals surface area (Å²) < 4.78 is 0. The zero-order chi connectivity index (χ0) is 12.4. The van der Waals surface area contributed by atoms with Crippen molar-refractivity contribution in [2.24, 2.45) is 0 Å². The molecule has 0 bridgehead atoms. The zero-order valence-corrected chi connectivity index (χ0v) is 9.49. The first-order chi connectivity index (χ1) is 8.11. The van der Waals surface area contributed by atoms with Crippen molar-refractivity contribution in [2.75, 3.05) is 5.73 Å². The number of nitrogens with two attached hydrogens (primary N) is 1. The minimum absolute atomic E-state index is 0.143. The molecule has 0 saturated heterocycles. The second-order valence-corrected chi connectivity index (χ2v) is 4.44. The number of hydrogen-bond donors (Lipinski definition) is 2. The summed E-state index contributed by atoms with van der Waals surface area (Å²) in [6, 6.07) is 10.6. The second kappa shape index (κ2) is 4.28. The molecule has 1 heterocycles. The highest BCUT2D eigenvalue weighted by molar-refractivity contribution is 7.17. The molecule has 0 saturated carbocycles. The first kappa shape index (κ1) is 11.2. The molecule has 0 radical (unpaired) electrons. The Morgan fingerprint density at radius 3 is 2.47 bits per heavy atom. The molecule has 2 aromatic rings. The van der Waals surface area contributed by atoms with Gasteiger partial charge in [-0.05, 0) is 23.8 Å². The van der Waals surface area contributed by atoms with Crippen LogP contribution in [0.5, 0.6) is 0 Å². The molecule has 0 aliphatic rings. The smallest absolute Gasteiger partial charge is 0.348 e. The number of benzene rings is 1. The van der Waals surface area contributed by atoms with E-state index in [9.17, 15) is 4.79 Å². The number of carboxylic acids is 1. The number of thiophene rings is 1. The lowest BCUT2D eigenvalue weighted by Crippen LogP contribution is -1.96. The summed E-state index contributed by atoms with van der Waals surface area (Å²) in [4.78, 5) is 11.8. The first-order valence-corrected chi connectivity index (χ1v) is 5.56. The highest BCUT2D eigenvalue weighted by Gasteiger charge is 2.13. The number of hydrogen-bond acceptors (Lipinski definition) is 4. The first-order valence-electron chi connectivity index (χ1n) is 4.75. The second-order valence-electron chi connectivity index (χ2n) is 3.39. The monoisotopic (exact) mass is 244 g/mol. The molecule has 0 unspecified atom stereocenters. The van der Waals surface area contributed by atoms with E-state index in [1.807, 2.05) is 6.07 Å². The quantitative estimate of drug-likeness (QED) is 0.849. The van der Waals surface area contributed by atoms with Gasteiger partial charge in [-0.15, -0.1) is 11.3 Å². The number of nitriles is 1. The van der Waals surface area contributed by atoms with E-state index >= 15 is 0 Å². The van der Waals surface area contributed by atoms with Gasteiger partial charge >= 0.3 is 5.97 Å². The van der Waals surface area contributed by atoms with Crippen molar-refractivity contribution in [3.63, 3.8) is 0 Å². The summed E-state index contributed by atoms with van der Waals surface area (Å²) in [5.74, 6) is -1.02. The third-order valence-corrected chi connectivity index (χ3v) is 3.44. The zero-order valence-electron chi connectivity index (χ0n) is 8.68. The SMILES string of the molecule is N#Cc1ccc(-c2cc(N)c(C(=O)O)s2)cc1. The maximum absolute atomic E-state index is 10.9. The largest absolute Gasteiger partial charge is 0.477 e. The van der Waals surface area contributed by atoms with E-state index in [0.29, 0.717) is 5.56 Å². The van der Waals surface area contributed by atoms with E-state index in [1.165, 1.54) is 0 Å². The van der Waals surface area contributed by atoms with Gasteiger partial charge in [0.1, 0.15) is 4.88 Å². The molecule has 0 fully saturated rings. The summed E-state index contributed by atoms with van der Waals surface area (Å²) in [5, 5.41) is 17.6. The van der Waals surface area contributed by atoms with Crippen LogP contribution < -0.4 is 5.73 Å². The summed E-state index contributed by atoms with van der Waals surface area (Å²) >= 11 is 1.13. The van der Waals surface area contributed by atoms with Gasteiger partial charge in [0.25, 0.3) is 0 Å². The lowest BCUT2D eigenvalue weighted by molar-refractivity contribution is 0.0703. The van der Waals surface area contributed by atoms with Gasteiger partial charge < -0.3 is 10.8 Å². The Hall–Kier alpha value is -2.32. The van der Waals surface area contributed by atoms with Gasteiger partial charge in [-0.25, -0.2) is 4.79 Å². The van der Waals surface area contributed by atoms with Gasteiger partial charge in [0, 0.05) is 4.88 Å². The number of nitrogens with zero attached hydrogens (tertiary/aromatic N) is 1. The molecular formula is C12H8N2O2S. The van der Waals surface area contributed by atoms with Crippen LogP contribution in [-0.4, -0.2) is 11.1 Å². The Balaban J connectivity index is 2.43. The summed E-state index contributed by atoms with van der Waals surface area (Å²) in [5.41, 5.74) is 7.30. The molecule has 3 N–H and O–H groups in total. The minimum atomic E-state index is -1.02. The van der Waals surface area contributed by atoms with Crippen LogP contribution in [0.3, 0.4) is 0 Å². The van der Waals surface area contributed by atoms with Gasteiger partial charge in [0.15, 0.2) is 0 Å². The number of carboxylic acid groups (broad SMARTS) is 1. The normalized spacial score (nSPS) is 9.82. The Morgan fingerprint density at radius 2 is 2.00 bits per heavy atom. The topological polar surface area (TPSA) is 87.1 Å². The van der Waals surface area contributed by atoms with Crippen molar-refractivity contribution in [3.05, 3.63) is 40.8 Å². The molecule has 0 amide bonds. The van der Waals surface area contributed by atoms with E-state index in [2.05, 4.69) is 0 Å². The molecule has 84 valence electrons. The number of anilines is 1. The Labute approximate surface area is 102 Å². The average molecular weight is 244 g/mol. The van der Waals surface area contributed by atoms with E-state index < -0.39 is 5.97 Å². The van der Waals surface area contributed by atoms with Crippen LogP contribution in [0.25, 0.3) is 10.4 Å². The van der Waals surface area contributed by atoms with E-state index in [4.69, 9.17) is 16.1 Å². The van der Waals surface area contributed by atoms with Crippen molar-refractivity contribution in [1.29, 1.82) is 5.26 Å². The molecule has 5 heteroatoms. The van der Waals surface area contributed by atoms with Gasteiger partial charge in [-0.2, -0.15) is 5.26 Å². The molecule has 2 rings (SSSR count). The fourth-order valence-electron chi connectivity index (χ4n) is 1.42. The van der Waals surface area contributed by atoms with Crippen LogP contribution in [0.2, 0.25) is 0 Å². The van der Waals surface area contributed by atoms with Gasteiger partial charge in [-0.3, -0.25) is 0 Å².